The summed E-state index contributed by atoms with van der Waals surface area (Å²) in [4.78, 5) is 24.2. The van der Waals surface area contributed by atoms with Gasteiger partial charge in [-0.3, -0.25) is 14.5 Å². The first-order valence-electron chi connectivity index (χ1n) is 7.42. The second-order valence-electron chi connectivity index (χ2n) is 6.59. The Morgan fingerprint density at radius 2 is 1.85 bits per heavy atom. The third kappa shape index (κ3) is 7.48. The highest BCUT2D eigenvalue weighted by Gasteiger charge is 2.21. The zero-order valence-corrected chi connectivity index (χ0v) is 12.9. The second kappa shape index (κ2) is 7.62. The molecule has 116 valence electrons. The smallest absolute Gasteiger partial charge is 0.317 e. The van der Waals surface area contributed by atoms with Crippen LogP contribution in [0.15, 0.2) is 0 Å². The first-order valence-corrected chi connectivity index (χ1v) is 7.42. The Morgan fingerprint density at radius 3 is 2.35 bits per heavy atom. The number of hydrogen-bond acceptors (Lipinski definition) is 4. The number of ether oxygens (including phenoxy) is 1. The van der Waals surface area contributed by atoms with E-state index in [1.165, 1.54) is 0 Å². The van der Waals surface area contributed by atoms with Gasteiger partial charge >= 0.3 is 11.9 Å². The van der Waals surface area contributed by atoms with E-state index in [2.05, 4.69) is 0 Å². The number of piperidine rings is 1. The fraction of sp³-hybridized carbons (Fsp3) is 0.867. The molecule has 1 saturated heterocycles. The lowest BCUT2D eigenvalue weighted by molar-refractivity contribution is -0.155. The van der Waals surface area contributed by atoms with E-state index in [0.717, 1.165) is 38.8 Å². The van der Waals surface area contributed by atoms with Crippen LogP contribution in [0.2, 0.25) is 0 Å². The number of esters is 1. The number of carboxylic acids is 1. The second-order valence-corrected chi connectivity index (χ2v) is 6.59. The van der Waals surface area contributed by atoms with E-state index < -0.39 is 11.6 Å². The predicted octanol–water partition coefficient (Wildman–Crippen LogP) is 2.29. The van der Waals surface area contributed by atoms with Gasteiger partial charge in [0.2, 0.25) is 0 Å². The van der Waals surface area contributed by atoms with Crippen LogP contribution in [-0.2, 0) is 14.3 Å². The number of nitrogens with zero attached hydrogens (tertiary/aromatic N) is 1. The average Bonchev–Trinajstić information content (AvgIpc) is 2.28. The van der Waals surface area contributed by atoms with Crippen molar-refractivity contribution in [3.63, 3.8) is 0 Å². The molecule has 0 atom stereocenters. The number of carboxylic acid groups (broad SMARTS) is 1. The molecule has 0 aromatic carbocycles. The molecular weight excluding hydrogens is 258 g/mol. The third-order valence-corrected chi connectivity index (χ3v) is 3.48. The molecule has 1 rings (SSSR count). The lowest BCUT2D eigenvalue weighted by atomic mass is 9.91. The number of hydrogen-bond donors (Lipinski definition) is 1. The van der Waals surface area contributed by atoms with Crippen LogP contribution in [0.1, 0.15) is 52.9 Å². The van der Waals surface area contributed by atoms with E-state index in [1.54, 1.807) is 0 Å². The van der Waals surface area contributed by atoms with E-state index in [1.807, 2.05) is 25.7 Å². The topological polar surface area (TPSA) is 66.8 Å². The monoisotopic (exact) mass is 285 g/mol. The lowest BCUT2D eigenvalue weighted by Gasteiger charge is -2.30. The maximum atomic E-state index is 11.6. The van der Waals surface area contributed by atoms with Gasteiger partial charge in [-0.15, -0.1) is 0 Å². The van der Waals surface area contributed by atoms with E-state index >= 15 is 0 Å². The summed E-state index contributed by atoms with van der Waals surface area (Å²) in [6.45, 7) is 7.48. The Labute approximate surface area is 121 Å². The minimum absolute atomic E-state index is 0.124. The van der Waals surface area contributed by atoms with E-state index in [-0.39, 0.29) is 12.5 Å². The summed E-state index contributed by atoms with van der Waals surface area (Å²) in [6.07, 6.45) is 4.43. The van der Waals surface area contributed by atoms with Gasteiger partial charge in [0.15, 0.2) is 0 Å². The Bertz CT molecular complexity index is 327. The number of likely N-dealkylation sites (tertiary alicyclic amines) is 1. The van der Waals surface area contributed by atoms with Gasteiger partial charge in [0, 0.05) is 6.42 Å². The molecule has 1 fully saturated rings. The maximum Gasteiger partial charge on any atom is 0.317 e. The summed E-state index contributed by atoms with van der Waals surface area (Å²) in [6, 6.07) is 0. The molecule has 0 aromatic rings. The normalized spacial score (nSPS) is 17.9. The summed E-state index contributed by atoms with van der Waals surface area (Å²) < 4.78 is 5.28. The Balaban J connectivity index is 2.12. The van der Waals surface area contributed by atoms with Crippen LogP contribution >= 0.6 is 0 Å². The van der Waals surface area contributed by atoms with Crippen molar-refractivity contribution in [2.75, 3.05) is 19.6 Å². The van der Waals surface area contributed by atoms with Crippen LogP contribution in [-0.4, -0.2) is 47.2 Å². The summed E-state index contributed by atoms with van der Waals surface area (Å²) >= 11 is 0. The molecule has 0 radical (unpaired) electrons. The molecule has 0 aromatic heterocycles. The van der Waals surface area contributed by atoms with Crippen molar-refractivity contribution in [1.29, 1.82) is 0 Å². The summed E-state index contributed by atoms with van der Waals surface area (Å²) in [7, 11) is 0. The van der Waals surface area contributed by atoms with Gasteiger partial charge in [0.25, 0.3) is 0 Å². The highest BCUT2D eigenvalue weighted by Crippen LogP contribution is 2.22. The largest absolute Gasteiger partial charge is 0.480 e. The molecule has 0 amide bonds. The standard InChI is InChI=1S/C15H27NO4/c1-15(2,3)20-14(19)6-4-5-12-7-9-16(10-8-12)11-13(17)18/h12H,4-11H2,1-3H3,(H,17,18). The fourth-order valence-corrected chi connectivity index (χ4v) is 2.55. The van der Waals surface area contributed by atoms with Crippen molar-refractivity contribution >= 4 is 11.9 Å². The first-order chi connectivity index (χ1) is 9.26. The molecule has 1 N–H and O–H groups in total. The molecule has 5 nitrogen and oxygen atoms in total. The summed E-state index contributed by atoms with van der Waals surface area (Å²) in [5.41, 5.74) is -0.404. The maximum absolute atomic E-state index is 11.6. The number of rotatable bonds is 6. The van der Waals surface area contributed by atoms with Crippen LogP contribution < -0.4 is 0 Å². The van der Waals surface area contributed by atoms with E-state index in [4.69, 9.17) is 9.84 Å². The van der Waals surface area contributed by atoms with Gasteiger partial charge in [-0.05, 0) is 65.5 Å². The molecule has 1 aliphatic heterocycles. The number of aliphatic carboxylic acids is 1. The third-order valence-electron chi connectivity index (χ3n) is 3.48. The van der Waals surface area contributed by atoms with Crippen molar-refractivity contribution in [1.82, 2.24) is 4.90 Å². The predicted molar refractivity (Wildman–Crippen MR) is 76.5 cm³/mol. The van der Waals surface area contributed by atoms with Gasteiger partial charge in [0.05, 0.1) is 6.54 Å². The summed E-state index contributed by atoms with van der Waals surface area (Å²) in [5, 5.41) is 8.73. The molecule has 5 heteroatoms. The minimum Gasteiger partial charge on any atom is -0.480 e. The molecule has 1 aliphatic rings. The van der Waals surface area contributed by atoms with Gasteiger partial charge in [-0.1, -0.05) is 0 Å². The highest BCUT2D eigenvalue weighted by atomic mass is 16.6. The van der Waals surface area contributed by atoms with Crippen molar-refractivity contribution in [2.45, 2.75) is 58.5 Å². The fourth-order valence-electron chi connectivity index (χ4n) is 2.55. The molecule has 0 spiro atoms. The average molecular weight is 285 g/mol. The van der Waals surface area contributed by atoms with Gasteiger partial charge in [0.1, 0.15) is 5.60 Å². The molecule has 0 bridgehead atoms. The van der Waals surface area contributed by atoms with Crippen LogP contribution in [0.4, 0.5) is 0 Å². The van der Waals surface area contributed by atoms with Crippen LogP contribution in [0.3, 0.4) is 0 Å². The SMILES string of the molecule is CC(C)(C)OC(=O)CCCC1CCN(CC(=O)O)CC1. The molecule has 0 saturated carbocycles. The number of carbonyl (C=O) groups is 2. The molecule has 0 unspecified atom stereocenters. The van der Waals surface area contributed by atoms with E-state index in [0.29, 0.717) is 12.3 Å². The molecular formula is C15H27NO4. The summed E-state index contributed by atoms with van der Waals surface area (Å²) in [5.74, 6) is -0.267. The molecule has 20 heavy (non-hydrogen) atoms. The Morgan fingerprint density at radius 1 is 1.25 bits per heavy atom. The number of carbonyl (C=O) groups excluding carboxylic acids is 1. The first kappa shape index (κ1) is 17.0. The van der Waals surface area contributed by atoms with Gasteiger partial charge in [-0.2, -0.15) is 0 Å². The van der Waals surface area contributed by atoms with E-state index in [9.17, 15) is 9.59 Å². The molecule has 0 aliphatic carbocycles. The van der Waals surface area contributed by atoms with Crippen LogP contribution in [0.5, 0.6) is 0 Å². The Kier molecular flexibility index (Phi) is 6.46. The van der Waals surface area contributed by atoms with Crippen molar-refractivity contribution < 1.29 is 19.4 Å². The minimum atomic E-state index is -0.756. The van der Waals surface area contributed by atoms with Gasteiger partial charge in [-0.25, -0.2) is 0 Å². The molecule has 1 heterocycles. The zero-order valence-electron chi connectivity index (χ0n) is 12.9. The van der Waals surface area contributed by atoms with Gasteiger partial charge < -0.3 is 9.84 Å². The highest BCUT2D eigenvalue weighted by molar-refractivity contribution is 5.69. The van der Waals surface area contributed by atoms with Crippen molar-refractivity contribution in [2.24, 2.45) is 5.92 Å². The van der Waals surface area contributed by atoms with Crippen molar-refractivity contribution in [3.05, 3.63) is 0 Å². The quantitative estimate of drug-likeness (QED) is 0.758. The zero-order chi connectivity index (χ0) is 15.2. The van der Waals surface area contributed by atoms with Crippen molar-refractivity contribution in [3.8, 4) is 0 Å². The lowest BCUT2D eigenvalue weighted by Crippen LogP contribution is -2.37. The van der Waals surface area contributed by atoms with Crippen LogP contribution in [0, 0.1) is 5.92 Å². The van der Waals surface area contributed by atoms with Crippen LogP contribution in [0.25, 0.3) is 0 Å². The Hall–Kier alpha value is -1.10.